The molecule has 0 fully saturated rings. The van der Waals surface area contributed by atoms with E-state index in [2.05, 4.69) is 26.1 Å². The summed E-state index contributed by atoms with van der Waals surface area (Å²) in [7, 11) is -2.80. The van der Waals surface area contributed by atoms with Gasteiger partial charge in [0.05, 0.1) is 5.75 Å². The lowest BCUT2D eigenvalue weighted by molar-refractivity contribution is 0.364. The monoisotopic (exact) mass is 235 g/mol. The molecule has 0 saturated heterocycles. The molecule has 0 aliphatic rings. The van der Waals surface area contributed by atoms with Gasteiger partial charge in [-0.25, -0.2) is 8.42 Å². The molecule has 1 N–H and O–H groups in total. The van der Waals surface area contributed by atoms with Gasteiger partial charge in [-0.3, -0.25) is 0 Å². The normalized spacial score (nSPS) is 16.3. The smallest absolute Gasteiger partial charge is 0.150 e. The van der Waals surface area contributed by atoms with Crippen LogP contribution in [0.1, 0.15) is 40.5 Å². The van der Waals surface area contributed by atoms with Crippen molar-refractivity contribution < 1.29 is 8.42 Å². The number of hydrogen-bond donors (Lipinski definition) is 1. The molecule has 0 amide bonds. The van der Waals surface area contributed by atoms with Crippen LogP contribution in [0.2, 0.25) is 0 Å². The first-order valence-electron chi connectivity index (χ1n) is 5.90. The van der Waals surface area contributed by atoms with Gasteiger partial charge in [0.15, 0.2) is 0 Å². The van der Waals surface area contributed by atoms with Crippen LogP contribution in [0.3, 0.4) is 0 Å². The van der Waals surface area contributed by atoms with Gasteiger partial charge in [0.25, 0.3) is 0 Å². The van der Waals surface area contributed by atoms with Gasteiger partial charge in [-0.05, 0) is 25.3 Å². The average molecular weight is 235 g/mol. The molecule has 0 aromatic rings. The highest BCUT2D eigenvalue weighted by molar-refractivity contribution is 7.91. The van der Waals surface area contributed by atoms with Gasteiger partial charge in [-0.1, -0.05) is 27.7 Å². The Hall–Kier alpha value is -0.0900. The van der Waals surface area contributed by atoms with Crippen molar-refractivity contribution in [2.24, 2.45) is 5.92 Å². The van der Waals surface area contributed by atoms with E-state index >= 15 is 0 Å². The molecular weight excluding hydrogens is 210 g/mol. The molecule has 4 heteroatoms. The fourth-order valence-corrected chi connectivity index (χ4v) is 2.74. The molecular formula is C11H25NO2S. The maximum atomic E-state index is 11.4. The number of rotatable bonds is 8. The van der Waals surface area contributed by atoms with Crippen LogP contribution in [0.25, 0.3) is 0 Å². The van der Waals surface area contributed by atoms with Crippen molar-refractivity contribution in [3.8, 4) is 0 Å². The highest BCUT2D eigenvalue weighted by Crippen LogP contribution is 2.12. The van der Waals surface area contributed by atoms with Gasteiger partial charge >= 0.3 is 0 Å². The molecule has 0 radical (unpaired) electrons. The van der Waals surface area contributed by atoms with Gasteiger partial charge in [-0.2, -0.15) is 0 Å². The number of sulfone groups is 1. The number of nitrogens with one attached hydrogen (secondary N) is 1. The molecule has 2 atom stereocenters. The molecule has 0 saturated carbocycles. The Labute approximate surface area is 94.6 Å². The summed E-state index contributed by atoms with van der Waals surface area (Å²) in [5, 5.41) is 3.39. The first-order valence-corrected chi connectivity index (χ1v) is 7.72. The lowest BCUT2D eigenvalue weighted by atomic mass is 9.97. The molecule has 0 aromatic heterocycles. The molecule has 2 unspecified atom stereocenters. The molecule has 0 aliphatic carbocycles. The third kappa shape index (κ3) is 6.15. The zero-order valence-electron chi connectivity index (χ0n) is 10.4. The fraction of sp³-hybridized carbons (Fsp3) is 1.00. The van der Waals surface area contributed by atoms with Crippen molar-refractivity contribution >= 4 is 9.84 Å². The van der Waals surface area contributed by atoms with E-state index in [0.29, 0.717) is 17.7 Å². The van der Waals surface area contributed by atoms with Crippen LogP contribution in [0.4, 0.5) is 0 Å². The fourth-order valence-electron chi connectivity index (χ4n) is 1.72. The molecule has 0 aromatic carbocycles. The second-order valence-electron chi connectivity index (χ2n) is 4.07. The molecule has 0 bridgehead atoms. The van der Waals surface area contributed by atoms with E-state index < -0.39 is 9.84 Å². The number of hydrogen-bond acceptors (Lipinski definition) is 3. The van der Waals surface area contributed by atoms with Crippen LogP contribution < -0.4 is 5.32 Å². The summed E-state index contributed by atoms with van der Waals surface area (Å²) in [6, 6.07) is 0.446. The van der Waals surface area contributed by atoms with Crippen LogP contribution >= 0.6 is 0 Å². The zero-order chi connectivity index (χ0) is 11.9. The zero-order valence-corrected chi connectivity index (χ0v) is 11.2. The van der Waals surface area contributed by atoms with Crippen molar-refractivity contribution in [3.05, 3.63) is 0 Å². The Morgan fingerprint density at radius 1 is 1.20 bits per heavy atom. The molecule has 15 heavy (non-hydrogen) atoms. The first-order chi connectivity index (χ1) is 6.96. The SMILES string of the molecule is CCNC(CC)C(C)CCS(=O)(=O)CC. The second kappa shape index (κ2) is 7.23. The van der Waals surface area contributed by atoms with E-state index in [1.807, 2.05) is 0 Å². The molecule has 0 aliphatic heterocycles. The van der Waals surface area contributed by atoms with Crippen molar-refractivity contribution in [1.29, 1.82) is 0 Å². The van der Waals surface area contributed by atoms with Gasteiger partial charge in [0.2, 0.25) is 0 Å². The Kier molecular flexibility index (Phi) is 7.18. The summed E-state index contributed by atoms with van der Waals surface area (Å²) in [6.45, 7) is 9.00. The van der Waals surface area contributed by atoms with E-state index in [1.54, 1.807) is 6.92 Å². The Morgan fingerprint density at radius 2 is 1.80 bits per heavy atom. The van der Waals surface area contributed by atoms with E-state index in [1.165, 1.54) is 0 Å². The molecule has 0 spiro atoms. The summed E-state index contributed by atoms with van der Waals surface area (Å²) in [6.07, 6.45) is 1.82. The second-order valence-corrected chi connectivity index (χ2v) is 6.55. The minimum Gasteiger partial charge on any atom is -0.314 e. The van der Waals surface area contributed by atoms with E-state index in [4.69, 9.17) is 0 Å². The maximum absolute atomic E-state index is 11.4. The third-order valence-electron chi connectivity index (χ3n) is 2.92. The maximum Gasteiger partial charge on any atom is 0.150 e. The molecule has 0 rings (SSSR count). The van der Waals surface area contributed by atoms with Gasteiger partial charge < -0.3 is 5.32 Å². The van der Waals surface area contributed by atoms with Gasteiger partial charge in [-0.15, -0.1) is 0 Å². The molecule has 0 heterocycles. The lowest BCUT2D eigenvalue weighted by Gasteiger charge is -2.23. The van der Waals surface area contributed by atoms with Gasteiger partial charge in [0, 0.05) is 11.8 Å². The highest BCUT2D eigenvalue weighted by atomic mass is 32.2. The largest absolute Gasteiger partial charge is 0.314 e. The Morgan fingerprint density at radius 3 is 2.20 bits per heavy atom. The standard InChI is InChI=1S/C11H25NO2S/c1-5-11(12-6-2)10(4)8-9-15(13,14)7-3/h10-12H,5-9H2,1-4H3. The predicted octanol–water partition coefficient (Wildman–Crippen LogP) is 1.84. The first kappa shape index (κ1) is 14.9. The van der Waals surface area contributed by atoms with Crippen LogP contribution in [-0.2, 0) is 9.84 Å². The molecule has 3 nitrogen and oxygen atoms in total. The van der Waals surface area contributed by atoms with Crippen LogP contribution in [0.5, 0.6) is 0 Å². The lowest BCUT2D eigenvalue weighted by Crippen LogP contribution is -2.35. The summed E-state index contributed by atoms with van der Waals surface area (Å²) >= 11 is 0. The Balaban J connectivity index is 4.06. The van der Waals surface area contributed by atoms with Crippen molar-refractivity contribution in [2.75, 3.05) is 18.1 Å². The van der Waals surface area contributed by atoms with E-state index in [0.717, 1.165) is 19.4 Å². The van der Waals surface area contributed by atoms with Crippen LogP contribution in [-0.4, -0.2) is 32.5 Å². The van der Waals surface area contributed by atoms with Crippen LogP contribution in [0.15, 0.2) is 0 Å². The van der Waals surface area contributed by atoms with Crippen molar-refractivity contribution in [1.82, 2.24) is 5.32 Å². The average Bonchev–Trinajstić information content (AvgIpc) is 2.22. The minimum absolute atomic E-state index is 0.262. The van der Waals surface area contributed by atoms with E-state index in [9.17, 15) is 8.42 Å². The topological polar surface area (TPSA) is 46.2 Å². The molecule has 92 valence electrons. The van der Waals surface area contributed by atoms with Crippen molar-refractivity contribution in [3.63, 3.8) is 0 Å². The summed E-state index contributed by atoms with van der Waals surface area (Å²) in [5.41, 5.74) is 0. The van der Waals surface area contributed by atoms with E-state index in [-0.39, 0.29) is 5.75 Å². The third-order valence-corrected chi connectivity index (χ3v) is 4.65. The summed E-state index contributed by atoms with van der Waals surface area (Å²) in [5.74, 6) is 1.01. The predicted molar refractivity (Wildman–Crippen MR) is 65.9 cm³/mol. The quantitative estimate of drug-likeness (QED) is 0.698. The van der Waals surface area contributed by atoms with Crippen molar-refractivity contribution in [2.45, 2.75) is 46.6 Å². The summed E-state index contributed by atoms with van der Waals surface area (Å²) in [4.78, 5) is 0. The van der Waals surface area contributed by atoms with Gasteiger partial charge in [0.1, 0.15) is 9.84 Å². The Bertz CT molecular complexity index is 249. The summed E-state index contributed by atoms with van der Waals surface area (Å²) < 4.78 is 22.7. The van der Waals surface area contributed by atoms with Crippen LogP contribution in [0, 0.1) is 5.92 Å². The minimum atomic E-state index is -2.80. The highest BCUT2D eigenvalue weighted by Gasteiger charge is 2.17.